The lowest BCUT2D eigenvalue weighted by Gasteiger charge is -2.49. The summed E-state index contributed by atoms with van der Waals surface area (Å²) >= 11 is 0. The number of alkyl halides is 3. The van der Waals surface area contributed by atoms with Crippen molar-refractivity contribution in [3.63, 3.8) is 0 Å². The van der Waals surface area contributed by atoms with Gasteiger partial charge in [-0.1, -0.05) is 36.4 Å². The van der Waals surface area contributed by atoms with Crippen LogP contribution in [0.2, 0.25) is 0 Å². The first kappa shape index (κ1) is 25.1. The van der Waals surface area contributed by atoms with Crippen molar-refractivity contribution >= 4 is 17.3 Å². The molecule has 1 N–H and O–H groups in total. The van der Waals surface area contributed by atoms with Gasteiger partial charge in [0.15, 0.2) is 0 Å². The van der Waals surface area contributed by atoms with Crippen LogP contribution in [0.25, 0.3) is 0 Å². The van der Waals surface area contributed by atoms with E-state index in [1.165, 1.54) is 11.6 Å². The number of ether oxygens (including phenoxy) is 1. The summed E-state index contributed by atoms with van der Waals surface area (Å²) in [4.78, 5) is 18.1. The van der Waals surface area contributed by atoms with E-state index >= 15 is 0 Å². The zero-order valence-electron chi connectivity index (χ0n) is 20.7. The third-order valence-corrected chi connectivity index (χ3v) is 7.36. The van der Waals surface area contributed by atoms with Gasteiger partial charge in [-0.3, -0.25) is 9.69 Å². The van der Waals surface area contributed by atoms with E-state index in [1.54, 1.807) is 37.4 Å². The maximum Gasteiger partial charge on any atom is 0.416 e. The smallest absolute Gasteiger partial charge is 0.416 e. The van der Waals surface area contributed by atoms with Crippen molar-refractivity contribution < 1.29 is 22.7 Å². The van der Waals surface area contributed by atoms with Crippen LogP contribution in [-0.2, 0) is 23.8 Å². The highest BCUT2D eigenvalue weighted by Crippen LogP contribution is 2.40. The number of hydrogen-bond donors (Lipinski definition) is 1. The van der Waals surface area contributed by atoms with Crippen LogP contribution in [0.1, 0.15) is 16.7 Å². The van der Waals surface area contributed by atoms with Crippen LogP contribution in [0, 0.1) is 5.92 Å². The highest BCUT2D eigenvalue weighted by Gasteiger charge is 2.42. The molecule has 0 saturated carbocycles. The van der Waals surface area contributed by atoms with Gasteiger partial charge in [-0.25, -0.2) is 0 Å². The normalized spacial score (nSPS) is 19.6. The quantitative estimate of drug-likeness (QED) is 0.493. The Morgan fingerprint density at radius 3 is 2.59 bits per heavy atom. The van der Waals surface area contributed by atoms with Gasteiger partial charge in [0.2, 0.25) is 5.91 Å². The SMILES string of the molecule is COc1cccc(NC(=O)[C@@H]2Cc3cc(C(F)(F)F)ccc3N3CCN(CCc4ccccc4)C[C@H]23)c1. The Hall–Kier alpha value is -3.52. The van der Waals surface area contributed by atoms with E-state index in [0.29, 0.717) is 30.1 Å². The molecule has 5 rings (SSSR count). The molecule has 1 fully saturated rings. The van der Waals surface area contributed by atoms with Crippen LogP contribution in [0.15, 0.2) is 72.8 Å². The number of hydrogen-bond acceptors (Lipinski definition) is 4. The zero-order valence-corrected chi connectivity index (χ0v) is 20.7. The summed E-state index contributed by atoms with van der Waals surface area (Å²) in [5, 5.41) is 2.98. The van der Waals surface area contributed by atoms with Gasteiger partial charge in [-0.2, -0.15) is 13.2 Å². The predicted octanol–water partition coefficient (Wildman–Crippen LogP) is 5.26. The van der Waals surface area contributed by atoms with E-state index in [1.807, 2.05) is 18.2 Å². The number of rotatable bonds is 6. The van der Waals surface area contributed by atoms with Crippen molar-refractivity contribution in [2.75, 3.05) is 43.5 Å². The molecule has 0 bridgehead atoms. The molecule has 1 amide bonds. The number of benzene rings is 3. The zero-order chi connectivity index (χ0) is 26.0. The Morgan fingerprint density at radius 1 is 1.03 bits per heavy atom. The van der Waals surface area contributed by atoms with Crippen molar-refractivity contribution in [1.29, 1.82) is 0 Å². The molecule has 5 nitrogen and oxygen atoms in total. The Labute approximate surface area is 214 Å². The molecule has 3 aromatic rings. The Morgan fingerprint density at radius 2 is 1.84 bits per heavy atom. The summed E-state index contributed by atoms with van der Waals surface area (Å²) in [6, 6.07) is 21.2. The summed E-state index contributed by atoms with van der Waals surface area (Å²) < 4.78 is 45.7. The van der Waals surface area contributed by atoms with Crippen LogP contribution in [0.4, 0.5) is 24.5 Å². The van der Waals surface area contributed by atoms with Crippen LogP contribution >= 0.6 is 0 Å². The minimum absolute atomic E-state index is 0.139. The third kappa shape index (κ3) is 5.59. The molecule has 2 atom stereocenters. The van der Waals surface area contributed by atoms with Crippen LogP contribution < -0.4 is 15.0 Å². The van der Waals surface area contributed by atoms with Gasteiger partial charge < -0.3 is 15.0 Å². The van der Waals surface area contributed by atoms with Crippen LogP contribution in [0.5, 0.6) is 5.75 Å². The van der Waals surface area contributed by atoms with E-state index in [0.717, 1.165) is 31.3 Å². The molecule has 37 heavy (non-hydrogen) atoms. The lowest BCUT2D eigenvalue weighted by atomic mass is 9.82. The van der Waals surface area contributed by atoms with E-state index in [-0.39, 0.29) is 18.4 Å². The van der Waals surface area contributed by atoms with Crippen molar-refractivity contribution in [1.82, 2.24) is 4.90 Å². The summed E-state index contributed by atoms with van der Waals surface area (Å²) in [6.07, 6.45) is -3.27. The van der Waals surface area contributed by atoms with Crippen molar-refractivity contribution in [2.45, 2.75) is 25.1 Å². The molecule has 0 unspecified atom stereocenters. The number of nitrogens with zero attached hydrogens (tertiary/aromatic N) is 2. The Kier molecular flexibility index (Phi) is 7.11. The number of carbonyl (C=O) groups excluding carboxylic acids is 1. The van der Waals surface area contributed by atoms with Gasteiger partial charge in [0.1, 0.15) is 5.75 Å². The molecule has 3 aromatic carbocycles. The highest BCUT2D eigenvalue weighted by atomic mass is 19.4. The molecule has 0 aliphatic carbocycles. The molecule has 1 saturated heterocycles. The number of anilines is 2. The summed E-state index contributed by atoms with van der Waals surface area (Å²) in [7, 11) is 1.56. The molecule has 0 radical (unpaired) electrons. The van der Waals surface area contributed by atoms with Gasteiger partial charge >= 0.3 is 6.18 Å². The van der Waals surface area contributed by atoms with Crippen molar-refractivity contribution in [3.05, 3.63) is 89.5 Å². The molecule has 0 aromatic heterocycles. The van der Waals surface area contributed by atoms with Crippen LogP contribution in [0.3, 0.4) is 0 Å². The summed E-state index contributed by atoms with van der Waals surface area (Å²) in [5.41, 5.74) is 2.53. The van der Waals surface area contributed by atoms with E-state index in [2.05, 4.69) is 27.2 Å². The van der Waals surface area contributed by atoms with Crippen molar-refractivity contribution in [3.8, 4) is 5.75 Å². The van der Waals surface area contributed by atoms with Gasteiger partial charge in [0.25, 0.3) is 0 Å². The average molecular weight is 510 g/mol. The fraction of sp³-hybridized carbons (Fsp3) is 0.345. The second-order valence-corrected chi connectivity index (χ2v) is 9.67. The predicted molar refractivity (Wildman–Crippen MR) is 138 cm³/mol. The Balaban J connectivity index is 1.40. The number of piperazine rings is 1. The Bertz CT molecular complexity index is 1250. The molecular formula is C29H30F3N3O2. The van der Waals surface area contributed by atoms with Gasteiger partial charge in [0, 0.05) is 43.6 Å². The third-order valence-electron chi connectivity index (χ3n) is 7.36. The number of nitrogens with one attached hydrogen (secondary N) is 1. The van der Waals surface area contributed by atoms with E-state index < -0.39 is 17.7 Å². The minimum atomic E-state index is -4.43. The lowest BCUT2D eigenvalue weighted by molar-refractivity contribution is -0.137. The first-order chi connectivity index (χ1) is 17.8. The van der Waals surface area contributed by atoms with Gasteiger partial charge in [-0.05, 0) is 54.3 Å². The monoisotopic (exact) mass is 509 g/mol. The molecular weight excluding hydrogens is 479 g/mol. The average Bonchev–Trinajstić information content (AvgIpc) is 2.91. The molecule has 2 heterocycles. The fourth-order valence-electron chi connectivity index (χ4n) is 5.43. The molecule has 2 aliphatic rings. The second kappa shape index (κ2) is 10.5. The standard InChI is InChI=1S/C29H30F3N3O2/c1-37-24-9-5-8-23(18-24)33-28(36)25-17-21-16-22(29(30,31)32)10-11-26(21)35-15-14-34(19-27(25)35)13-12-20-6-3-2-4-7-20/h2-11,16,18,25,27H,12-15,17,19H2,1H3,(H,33,36)/t25-,27-/m1/s1. The van der Waals surface area contributed by atoms with E-state index in [9.17, 15) is 18.0 Å². The fourth-order valence-corrected chi connectivity index (χ4v) is 5.43. The lowest BCUT2D eigenvalue weighted by Crippen LogP contribution is -2.60. The number of halogens is 3. The number of amides is 1. The topological polar surface area (TPSA) is 44.8 Å². The molecule has 2 aliphatic heterocycles. The minimum Gasteiger partial charge on any atom is -0.497 e. The number of methoxy groups -OCH3 is 1. The molecule has 0 spiro atoms. The maximum atomic E-state index is 13.6. The number of fused-ring (bicyclic) bond motifs is 3. The number of carbonyl (C=O) groups is 1. The summed E-state index contributed by atoms with van der Waals surface area (Å²) in [5.74, 6) is -0.0778. The highest BCUT2D eigenvalue weighted by molar-refractivity contribution is 5.94. The maximum absolute atomic E-state index is 13.6. The van der Waals surface area contributed by atoms with Gasteiger partial charge in [0.05, 0.1) is 24.6 Å². The van der Waals surface area contributed by atoms with Crippen LogP contribution in [-0.4, -0.2) is 50.1 Å². The molecule has 8 heteroatoms. The van der Waals surface area contributed by atoms with Gasteiger partial charge in [-0.15, -0.1) is 0 Å². The first-order valence-corrected chi connectivity index (χ1v) is 12.5. The van der Waals surface area contributed by atoms with E-state index in [4.69, 9.17) is 4.74 Å². The summed E-state index contributed by atoms with van der Waals surface area (Å²) in [6.45, 7) is 2.97. The molecule has 194 valence electrons. The second-order valence-electron chi connectivity index (χ2n) is 9.67. The van der Waals surface area contributed by atoms with Crippen molar-refractivity contribution in [2.24, 2.45) is 5.92 Å². The first-order valence-electron chi connectivity index (χ1n) is 12.5. The largest absolute Gasteiger partial charge is 0.497 e.